The van der Waals surface area contributed by atoms with Crippen LogP contribution in [0.3, 0.4) is 0 Å². The van der Waals surface area contributed by atoms with E-state index in [-0.39, 0.29) is 24.3 Å². The molecule has 2 heterocycles. The Bertz CT molecular complexity index is 983. The molecular weight excluding hydrogens is 379 g/mol. The first-order chi connectivity index (χ1) is 13.5. The van der Waals surface area contributed by atoms with E-state index in [0.717, 1.165) is 17.5 Å². The summed E-state index contributed by atoms with van der Waals surface area (Å²) in [5, 5.41) is 21.4. The van der Waals surface area contributed by atoms with Crippen LogP contribution >= 0.6 is 11.8 Å². The molecule has 2 unspecified atom stereocenters. The highest BCUT2D eigenvalue weighted by Gasteiger charge is 2.59. The van der Waals surface area contributed by atoms with Gasteiger partial charge in [0.2, 0.25) is 0 Å². The van der Waals surface area contributed by atoms with Gasteiger partial charge in [-0.05, 0) is 36.1 Å². The molecule has 2 N–H and O–H groups in total. The Morgan fingerprint density at radius 2 is 2.07 bits per heavy atom. The normalized spacial score (nSPS) is 30.4. The lowest BCUT2D eigenvalue weighted by Gasteiger charge is -2.42. The Labute approximate surface area is 165 Å². The highest BCUT2D eigenvalue weighted by molar-refractivity contribution is 8.14. The number of carboxylic acid groups (broad SMARTS) is 1. The number of thioether (sulfide) groups is 1. The largest absolute Gasteiger partial charge is 0.481 e. The first-order valence-corrected chi connectivity index (χ1v) is 10.2. The van der Waals surface area contributed by atoms with Gasteiger partial charge >= 0.3 is 5.97 Å². The Hall–Kier alpha value is -2.38. The van der Waals surface area contributed by atoms with Crippen LogP contribution in [0.15, 0.2) is 53.5 Å². The summed E-state index contributed by atoms with van der Waals surface area (Å²) < 4.78 is 13.6. The molecule has 4 atom stereocenters. The molecule has 2 aromatic carbocycles. The number of aliphatic hydroxyl groups is 1. The van der Waals surface area contributed by atoms with Gasteiger partial charge in [-0.2, -0.15) is 0 Å². The average Bonchev–Trinajstić information content (AvgIpc) is 3.17. The number of amidine groups is 1. The van der Waals surface area contributed by atoms with Crippen molar-refractivity contribution in [1.29, 1.82) is 0 Å². The lowest BCUT2D eigenvalue weighted by Crippen LogP contribution is -2.53. The summed E-state index contributed by atoms with van der Waals surface area (Å²) in [6.07, 6.45) is 1.26. The van der Waals surface area contributed by atoms with E-state index in [0.29, 0.717) is 17.2 Å². The molecule has 28 heavy (non-hydrogen) atoms. The molecule has 1 fully saturated rings. The summed E-state index contributed by atoms with van der Waals surface area (Å²) in [4.78, 5) is 18.2. The quantitative estimate of drug-likeness (QED) is 0.830. The number of halogens is 1. The topological polar surface area (TPSA) is 73.1 Å². The number of benzene rings is 2. The molecule has 2 aromatic rings. The molecular formula is C21H19FN2O3S. The molecule has 0 radical (unpaired) electrons. The first-order valence-electron chi connectivity index (χ1n) is 9.30. The van der Waals surface area contributed by atoms with E-state index < -0.39 is 16.9 Å². The van der Waals surface area contributed by atoms with Gasteiger partial charge in [0.05, 0.1) is 23.8 Å². The number of aryl methyl sites for hydroxylation is 1. The minimum absolute atomic E-state index is 0.0792. The summed E-state index contributed by atoms with van der Waals surface area (Å²) in [5.74, 6) is -1.20. The second kappa shape index (κ2) is 6.32. The third kappa shape index (κ3) is 2.49. The molecule has 0 amide bonds. The maximum Gasteiger partial charge on any atom is 0.304 e. The van der Waals surface area contributed by atoms with Crippen molar-refractivity contribution in [3.8, 4) is 0 Å². The lowest BCUT2D eigenvalue weighted by atomic mass is 9.82. The van der Waals surface area contributed by atoms with Crippen LogP contribution in [0.25, 0.3) is 0 Å². The van der Waals surface area contributed by atoms with E-state index in [1.807, 2.05) is 35.2 Å². The van der Waals surface area contributed by atoms with Crippen molar-refractivity contribution < 1.29 is 19.4 Å². The standard InChI is InChI=1S/C21H19FN2O3S/c22-14-7-8-15-12(10-14)6-9-16-19(15)23-20-24(16)21(27,13-4-2-1-3-5-13)17(28-20)11-18(25)26/h1-5,7-8,10,16-17,19,27H,6,9,11H2,(H,25,26)/t16-,17?,19-,21?/m0/s1. The van der Waals surface area contributed by atoms with Crippen LogP contribution < -0.4 is 0 Å². The molecule has 2 aliphatic heterocycles. The van der Waals surface area contributed by atoms with E-state index >= 15 is 0 Å². The molecule has 1 saturated heterocycles. The fourth-order valence-electron chi connectivity index (χ4n) is 4.70. The van der Waals surface area contributed by atoms with Crippen LogP contribution in [0.2, 0.25) is 0 Å². The van der Waals surface area contributed by atoms with Gasteiger partial charge < -0.3 is 15.1 Å². The summed E-state index contributed by atoms with van der Waals surface area (Å²) in [5.41, 5.74) is 1.18. The predicted octanol–water partition coefficient (Wildman–Crippen LogP) is 3.29. The number of nitrogens with zero attached hydrogens (tertiary/aromatic N) is 2. The summed E-state index contributed by atoms with van der Waals surface area (Å²) in [6.45, 7) is 0. The number of hydrogen-bond donors (Lipinski definition) is 2. The third-order valence-electron chi connectivity index (χ3n) is 5.91. The van der Waals surface area contributed by atoms with Crippen molar-refractivity contribution in [2.75, 3.05) is 0 Å². The summed E-state index contributed by atoms with van der Waals surface area (Å²) in [6, 6.07) is 13.8. The number of carboxylic acids is 1. The summed E-state index contributed by atoms with van der Waals surface area (Å²) >= 11 is 1.33. The van der Waals surface area contributed by atoms with Crippen LogP contribution in [0.1, 0.15) is 35.6 Å². The number of aliphatic carboxylic acids is 1. The van der Waals surface area contributed by atoms with E-state index in [1.165, 1.54) is 17.8 Å². The van der Waals surface area contributed by atoms with Crippen LogP contribution in [0.4, 0.5) is 4.39 Å². The Kier molecular flexibility index (Phi) is 4.00. The van der Waals surface area contributed by atoms with Crippen LogP contribution in [-0.4, -0.2) is 37.5 Å². The second-order valence-corrected chi connectivity index (χ2v) is 8.64. The zero-order chi connectivity index (χ0) is 19.5. The fraction of sp³-hybridized carbons (Fsp3) is 0.333. The number of aliphatic imine (C=N–C) groups is 1. The van der Waals surface area contributed by atoms with Crippen molar-refractivity contribution in [3.05, 3.63) is 71.0 Å². The van der Waals surface area contributed by atoms with Gasteiger partial charge in [0.15, 0.2) is 10.9 Å². The maximum atomic E-state index is 13.6. The van der Waals surface area contributed by atoms with E-state index in [9.17, 15) is 19.4 Å². The average molecular weight is 398 g/mol. The van der Waals surface area contributed by atoms with E-state index in [4.69, 9.17) is 4.99 Å². The number of hydrogen-bond acceptors (Lipinski definition) is 5. The van der Waals surface area contributed by atoms with Gasteiger partial charge in [0.25, 0.3) is 0 Å². The van der Waals surface area contributed by atoms with Gasteiger partial charge in [-0.15, -0.1) is 0 Å². The van der Waals surface area contributed by atoms with Crippen molar-refractivity contribution in [3.63, 3.8) is 0 Å². The van der Waals surface area contributed by atoms with Crippen molar-refractivity contribution in [2.45, 2.75) is 42.3 Å². The van der Waals surface area contributed by atoms with Gasteiger partial charge in [0, 0.05) is 5.56 Å². The summed E-state index contributed by atoms with van der Waals surface area (Å²) in [7, 11) is 0. The highest BCUT2D eigenvalue weighted by atomic mass is 32.2. The Morgan fingerprint density at radius 1 is 1.29 bits per heavy atom. The number of rotatable bonds is 3. The first kappa shape index (κ1) is 17.7. The predicted molar refractivity (Wildman–Crippen MR) is 104 cm³/mol. The van der Waals surface area contributed by atoms with Crippen molar-refractivity contribution in [2.24, 2.45) is 4.99 Å². The van der Waals surface area contributed by atoms with E-state index in [1.54, 1.807) is 12.1 Å². The second-order valence-electron chi connectivity index (χ2n) is 7.47. The zero-order valence-electron chi connectivity index (χ0n) is 15.0. The minimum Gasteiger partial charge on any atom is -0.481 e. The van der Waals surface area contributed by atoms with Crippen molar-refractivity contribution in [1.82, 2.24) is 4.90 Å². The van der Waals surface area contributed by atoms with E-state index in [2.05, 4.69) is 0 Å². The maximum absolute atomic E-state index is 13.6. The Balaban J connectivity index is 1.60. The van der Waals surface area contributed by atoms with Crippen LogP contribution in [0.5, 0.6) is 0 Å². The van der Waals surface area contributed by atoms with Crippen LogP contribution in [0, 0.1) is 5.82 Å². The van der Waals surface area contributed by atoms with Crippen molar-refractivity contribution >= 4 is 22.9 Å². The molecule has 0 saturated carbocycles. The molecule has 5 rings (SSSR count). The fourth-order valence-corrected chi connectivity index (χ4v) is 6.16. The van der Waals surface area contributed by atoms with Gasteiger partial charge in [0.1, 0.15) is 5.82 Å². The third-order valence-corrected chi connectivity index (χ3v) is 7.20. The highest BCUT2D eigenvalue weighted by Crippen LogP contribution is 2.55. The molecule has 0 spiro atoms. The molecule has 0 aromatic heterocycles. The molecule has 1 aliphatic carbocycles. The smallest absolute Gasteiger partial charge is 0.304 e. The number of fused-ring (bicyclic) bond motifs is 5. The zero-order valence-corrected chi connectivity index (χ0v) is 15.8. The lowest BCUT2D eigenvalue weighted by molar-refractivity contribution is -0.141. The Morgan fingerprint density at radius 3 is 2.82 bits per heavy atom. The molecule has 7 heteroatoms. The number of carbonyl (C=O) groups is 1. The van der Waals surface area contributed by atoms with Gasteiger partial charge in [-0.1, -0.05) is 48.2 Å². The molecule has 3 aliphatic rings. The SMILES string of the molecule is O=C(O)CC1SC2=N[C@H]3c4ccc(F)cc4CC[C@@H]3N2C1(O)c1ccccc1. The molecule has 0 bridgehead atoms. The van der Waals surface area contributed by atoms with Gasteiger partial charge in [-0.25, -0.2) is 4.39 Å². The monoisotopic (exact) mass is 398 g/mol. The molecule has 5 nitrogen and oxygen atoms in total. The minimum atomic E-state index is -1.44. The molecule has 144 valence electrons. The van der Waals surface area contributed by atoms with Gasteiger partial charge in [-0.3, -0.25) is 9.79 Å². The van der Waals surface area contributed by atoms with Crippen LogP contribution in [-0.2, 0) is 16.9 Å².